The lowest BCUT2D eigenvalue weighted by Crippen LogP contribution is -1.99. The first-order valence-corrected chi connectivity index (χ1v) is 7.23. The summed E-state index contributed by atoms with van der Waals surface area (Å²) < 4.78 is 10.9. The normalized spacial score (nSPS) is 18.7. The fourth-order valence-electron chi connectivity index (χ4n) is 2.91. The summed E-state index contributed by atoms with van der Waals surface area (Å²) in [5, 5.41) is 5.33. The minimum Gasteiger partial charge on any atom is -0.381 e. The molecule has 1 saturated heterocycles. The van der Waals surface area contributed by atoms with Crippen LogP contribution < -0.4 is 0 Å². The van der Waals surface area contributed by atoms with Gasteiger partial charge in [0, 0.05) is 23.6 Å². The van der Waals surface area contributed by atoms with Crippen molar-refractivity contribution in [1.82, 2.24) is 15.1 Å². The third kappa shape index (κ3) is 1.96. The number of nitrogens with one attached hydrogen (secondary N) is 1. The van der Waals surface area contributed by atoms with Gasteiger partial charge in [-0.1, -0.05) is 17.3 Å². The fourth-order valence-corrected chi connectivity index (χ4v) is 2.91. The maximum Gasteiger partial charge on any atom is 0.260 e. The molecule has 1 fully saturated rings. The molecule has 1 N–H and O–H groups in total. The highest BCUT2D eigenvalue weighted by atomic mass is 16.5. The van der Waals surface area contributed by atoms with Crippen molar-refractivity contribution in [2.45, 2.75) is 26.2 Å². The van der Waals surface area contributed by atoms with E-state index in [2.05, 4.69) is 35.0 Å². The Balaban J connectivity index is 1.81. The van der Waals surface area contributed by atoms with Gasteiger partial charge in [0.1, 0.15) is 0 Å². The Morgan fingerprint density at radius 1 is 1.29 bits per heavy atom. The number of para-hydroxylation sites is 1. The van der Waals surface area contributed by atoms with Crippen LogP contribution in [-0.4, -0.2) is 28.3 Å². The summed E-state index contributed by atoms with van der Waals surface area (Å²) in [7, 11) is 0. The summed E-state index contributed by atoms with van der Waals surface area (Å²) in [6.07, 6.45) is 0.962. The smallest absolute Gasteiger partial charge is 0.260 e. The molecule has 3 heterocycles. The van der Waals surface area contributed by atoms with Crippen molar-refractivity contribution in [3.8, 4) is 11.5 Å². The van der Waals surface area contributed by atoms with Gasteiger partial charge in [0.15, 0.2) is 5.82 Å². The molecule has 4 rings (SSSR count). The topological polar surface area (TPSA) is 63.9 Å². The number of benzene rings is 1. The van der Waals surface area contributed by atoms with Crippen molar-refractivity contribution in [2.75, 3.05) is 13.2 Å². The average Bonchev–Trinajstić information content (AvgIpc) is 3.20. The Hall–Kier alpha value is -2.14. The first-order valence-electron chi connectivity index (χ1n) is 7.23. The number of ether oxygens (including phenoxy) is 1. The number of aryl methyl sites for hydroxylation is 2. The molecule has 2 aromatic heterocycles. The molecule has 5 heteroatoms. The predicted molar refractivity (Wildman–Crippen MR) is 79.2 cm³/mol. The molecule has 1 aliphatic heterocycles. The van der Waals surface area contributed by atoms with Crippen molar-refractivity contribution in [1.29, 1.82) is 0 Å². The number of hydrogen-bond acceptors (Lipinski definition) is 4. The summed E-state index contributed by atoms with van der Waals surface area (Å²) in [5.74, 6) is 1.58. The van der Waals surface area contributed by atoms with Crippen LogP contribution in [0.15, 0.2) is 22.7 Å². The van der Waals surface area contributed by atoms with Crippen LogP contribution in [0.1, 0.15) is 29.4 Å². The van der Waals surface area contributed by atoms with Gasteiger partial charge in [-0.2, -0.15) is 4.98 Å². The maximum absolute atomic E-state index is 5.48. The van der Waals surface area contributed by atoms with E-state index in [9.17, 15) is 0 Å². The molecule has 1 unspecified atom stereocenters. The Bertz CT molecular complexity index is 797. The second-order valence-electron chi connectivity index (χ2n) is 5.62. The van der Waals surface area contributed by atoms with E-state index in [1.807, 2.05) is 12.1 Å². The summed E-state index contributed by atoms with van der Waals surface area (Å²) >= 11 is 0. The standard InChI is InChI=1S/C16H17N3O2/c1-9-10(2)17-14-12(9)4-3-5-13(14)16-18-15(19-21-16)11-6-7-20-8-11/h3-5,11,17H,6-8H2,1-2H3. The SMILES string of the molecule is Cc1[nH]c2c(-c3nc(C4CCOC4)no3)cccc2c1C. The number of fused-ring (bicyclic) bond motifs is 1. The van der Waals surface area contributed by atoms with Crippen LogP contribution in [0, 0.1) is 13.8 Å². The van der Waals surface area contributed by atoms with Gasteiger partial charge < -0.3 is 14.2 Å². The minimum atomic E-state index is 0.258. The van der Waals surface area contributed by atoms with Crippen LogP contribution in [0.2, 0.25) is 0 Å². The Morgan fingerprint density at radius 3 is 3.00 bits per heavy atom. The molecule has 0 saturated carbocycles. The molecule has 0 aliphatic carbocycles. The highest BCUT2D eigenvalue weighted by Crippen LogP contribution is 2.31. The average molecular weight is 283 g/mol. The fraction of sp³-hybridized carbons (Fsp3) is 0.375. The molecule has 3 aromatic rings. The van der Waals surface area contributed by atoms with Gasteiger partial charge in [-0.3, -0.25) is 0 Å². The molecule has 1 aromatic carbocycles. The number of aromatic amines is 1. The van der Waals surface area contributed by atoms with Crippen LogP contribution in [0.3, 0.4) is 0 Å². The van der Waals surface area contributed by atoms with Crippen molar-refractivity contribution in [3.05, 3.63) is 35.3 Å². The quantitative estimate of drug-likeness (QED) is 0.783. The molecule has 0 bridgehead atoms. The third-order valence-corrected chi connectivity index (χ3v) is 4.31. The van der Waals surface area contributed by atoms with Crippen molar-refractivity contribution >= 4 is 10.9 Å². The molecule has 0 amide bonds. The first kappa shape index (κ1) is 12.6. The van der Waals surface area contributed by atoms with E-state index < -0.39 is 0 Å². The van der Waals surface area contributed by atoms with Crippen molar-refractivity contribution in [3.63, 3.8) is 0 Å². The number of aromatic nitrogens is 3. The molecule has 108 valence electrons. The Morgan fingerprint density at radius 2 is 2.19 bits per heavy atom. The van der Waals surface area contributed by atoms with Crippen LogP contribution in [-0.2, 0) is 4.74 Å². The van der Waals surface area contributed by atoms with Crippen molar-refractivity contribution in [2.24, 2.45) is 0 Å². The van der Waals surface area contributed by atoms with Crippen LogP contribution in [0.4, 0.5) is 0 Å². The monoisotopic (exact) mass is 283 g/mol. The Labute approximate surface area is 122 Å². The highest BCUT2D eigenvalue weighted by molar-refractivity contribution is 5.94. The molecule has 5 nitrogen and oxygen atoms in total. The molecule has 0 radical (unpaired) electrons. The molecule has 1 aliphatic rings. The number of hydrogen-bond donors (Lipinski definition) is 1. The number of nitrogens with zero attached hydrogens (tertiary/aromatic N) is 2. The summed E-state index contributed by atoms with van der Waals surface area (Å²) in [5.41, 5.74) is 4.45. The van der Waals surface area contributed by atoms with Crippen LogP contribution in [0.25, 0.3) is 22.4 Å². The van der Waals surface area contributed by atoms with Gasteiger partial charge >= 0.3 is 0 Å². The maximum atomic E-state index is 5.48. The van der Waals surface area contributed by atoms with E-state index in [-0.39, 0.29) is 5.92 Å². The molecule has 21 heavy (non-hydrogen) atoms. The largest absolute Gasteiger partial charge is 0.381 e. The van der Waals surface area contributed by atoms with Gasteiger partial charge in [0.05, 0.1) is 17.7 Å². The van der Waals surface area contributed by atoms with Crippen molar-refractivity contribution < 1.29 is 9.26 Å². The van der Waals surface area contributed by atoms with E-state index in [1.54, 1.807) is 0 Å². The second kappa shape index (κ2) is 4.70. The molecular formula is C16H17N3O2. The van der Waals surface area contributed by atoms with E-state index in [0.717, 1.165) is 29.9 Å². The van der Waals surface area contributed by atoms with Gasteiger partial charge in [0.2, 0.25) is 0 Å². The van der Waals surface area contributed by atoms with Crippen LogP contribution >= 0.6 is 0 Å². The van der Waals surface area contributed by atoms with E-state index in [0.29, 0.717) is 12.5 Å². The highest BCUT2D eigenvalue weighted by Gasteiger charge is 2.24. The predicted octanol–water partition coefficient (Wildman–Crippen LogP) is 3.34. The van der Waals surface area contributed by atoms with Gasteiger partial charge in [0.25, 0.3) is 5.89 Å². The lowest BCUT2D eigenvalue weighted by Gasteiger charge is -1.99. The zero-order valence-corrected chi connectivity index (χ0v) is 12.1. The number of rotatable bonds is 2. The van der Waals surface area contributed by atoms with E-state index in [4.69, 9.17) is 9.26 Å². The molecule has 1 atom stereocenters. The van der Waals surface area contributed by atoms with Gasteiger partial charge in [-0.25, -0.2) is 0 Å². The summed E-state index contributed by atoms with van der Waals surface area (Å²) in [4.78, 5) is 7.99. The second-order valence-corrected chi connectivity index (χ2v) is 5.62. The van der Waals surface area contributed by atoms with Crippen LogP contribution in [0.5, 0.6) is 0 Å². The molecule has 0 spiro atoms. The van der Waals surface area contributed by atoms with Gasteiger partial charge in [-0.05, 0) is 31.9 Å². The zero-order valence-electron chi connectivity index (χ0n) is 12.1. The third-order valence-electron chi connectivity index (χ3n) is 4.31. The lowest BCUT2D eigenvalue weighted by atomic mass is 10.1. The summed E-state index contributed by atoms with van der Waals surface area (Å²) in [6, 6.07) is 6.15. The van der Waals surface area contributed by atoms with Gasteiger partial charge in [-0.15, -0.1) is 0 Å². The molecular weight excluding hydrogens is 266 g/mol. The zero-order chi connectivity index (χ0) is 14.4. The Kier molecular flexibility index (Phi) is 2.82. The van der Waals surface area contributed by atoms with E-state index >= 15 is 0 Å². The first-order chi connectivity index (χ1) is 10.2. The number of H-pyrrole nitrogens is 1. The van der Waals surface area contributed by atoms with E-state index in [1.165, 1.54) is 16.6 Å². The minimum absolute atomic E-state index is 0.258. The lowest BCUT2D eigenvalue weighted by molar-refractivity contribution is 0.192. The summed E-state index contributed by atoms with van der Waals surface area (Å²) in [6.45, 7) is 5.66.